The van der Waals surface area contributed by atoms with Crippen LogP contribution in [0, 0.1) is 0 Å². The average Bonchev–Trinajstić information content (AvgIpc) is 2.05. The molecule has 78 valence electrons. The minimum absolute atomic E-state index is 0.283. The van der Waals surface area contributed by atoms with Crippen LogP contribution in [0.3, 0.4) is 0 Å². The van der Waals surface area contributed by atoms with E-state index in [1.54, 1.807) is 6.92 Å². The number of nitrogens with zero attached hydrogens (tertiary/aromatic N) is 1. The highest BCUT2D eigenvalue weighted by atomic mass is 16.1. The summed E-state index contributed by atoms with van der Waals surface area (Å²) in [5.74, 6) is 0.283. The maximum Gasteiger partial charge on any atom is 0.131 e. The molecule has 2 nitrogen and oxygen atoms in total. The lowest BCUT2D eigenvalue weighted by Crippen LogP contribution is -2.38. The van der Waals surface area contributed by atoms with E-state index in [-0.39, 0.29) is 5.78 Å². The minimum Gasteiger partial charge on any atom is -0.300 e. The molecule has 2 heteroatoms. The molecule has 0 amide bonds. The van der Waals surface area contributed by atoms with Crippen molar-refractivity contribution in [2.45, 2.75) is 59.0 Å². The zero-order chi connectivity index (χ0) is 10.4. The molecule has 0 saturated carbocycles. The zero-order valence-corrected chi connectivity index (χ0v) is 9.63. The lowest BCUT2D eigenvalue weighted by Gasteiger charge is -2.31. The lowest BCUT2D eigenvalue weighted by molar-refractivity contribution is -0.118. The molecular formula is C11H23NO. The first-order chi connectivity index (χ1) is 6.02. The Bertz CT molecular complexity index is 152. The van der Waals surface area contributed by atoms with E-state index in [0.717, 1.165) is 12.8 Å². The number of carbonyl (C=O) groups is 1. The fourth-order valence-corrected chi connectivity index (χ4v) is 1.78. The Morgan fingerprint density at radius 3 is 2.08 bits per heavy atom. The van der Waals surface area contributed by atoms with Gasteiger partial charge < -0.3 is 4.90 Å². The molecule has 0 radical (unpaired) electrons. The highest BCUT2D eigenvalue weighted by molar-refractivity contribution is 5.76. The quantitative estimate of drug-likeness (QED) is 0.633. The molecular weight excluding hydrogens is 162 g/mol. The van der Waals surface area contributed by atoms with Crippen LogP contribution in [-0.2, 0) is 4.79 Å². The van der Waals surface area contributed by atoms with Gasteiger partial charge in [0.15, 0.2) is 0 Å². The van der Waals surface area contributed by atoms with Crippen LogP contribution in [0.2, 0.25) is 0 Å². The second-order valence-electron chi connectivity index (χ2n) is 3.89. The van der Waals surface area contributed by atoms with Gasteiger partial charge in [0.1, 0.15) is 5.78 Å². The van der Waals surface area contributed by atoms with E-state index in [4.69, 9.17) is 0 Å². The van der Waals surface area contributed by atoms with E-state index in [0.29, 0.717) is 18.5 Å². The highest BCUT2D eigenvalue weighted by Crippen LogP contribution is 2.12. The second kappa shape index (κ2) is 6.14. The summed E-state index contributed by atoms with van der Waals surface area (Å²) in [5, 5.41) is 0. The summed E-state index contributed by atoms with van der Waals surface area (Å²) in [5.41, 5.74) is 0. The van der Waals surface area contributed by atoms with Crippen LogP contribution < -0.4 is 0 Å². The van der Waals surface area contributed by atoms with Crippen molar-refractivity contribution >= 4 is 5.78 Å². The topological polar surface area (TPSA) is 20.3 Å². The largest absolute Gasteiger partial charge is 0.300 e. The van der Waals surface area contributed by atoms with Crippen molar-refractivity contribution in [2.75, 3.05) is 7.05 Å². The maximum absolute atomic E-state index is 10.9. The standard InChI is InChI=1S/C11H23NO/c1-6-11(7-2)12(5)9(3)8-10(4)13/h9,11H,6-8H2,1-5H3. The lowest BCUT2D eigenvalue weighted by atomic mass is 10.1. The summed E-state index contributed by atoms with van der Waals surface area (Å²) in [7, 11) is 2.12. The number of ketones is 1. The Hall–Kier alpha value is -0.370. The fraction of sp³-hybridized carbons (Fsp3) is 0.909. The van der Waals surface area contributed by atoms with Crippen LogP contribution in [0.5, 0.6) is 0 Å². The molecule has 0 rings (SSSR count). The predicted molar refractivity (Wildman–Crippen MR) is 56.9 cm³/mol. The van der Waals surface area contributed by atoms with Gasteiger partial charge in [-0.2, -0.15) is 0 Å². The normalized spacial score (nSPS) is 13.8. The zero-order valence-electron chi connectivity index (χ0n) is 9.63. The summed E-state index contributed by atoms with van der Waals surface area (Å²) in [6.45, 7) is 8.19. The molecule has 0 aliphatic heterocycles. The van der Waals surface area contributed by atoms with Crippen molar-refractivity contribution in [3.63, 3.8) is 0 Å². The first-order valence-corrected chi connectivity index (χ1v) is 5.24. The average molecular weight is 185 g/mol. The molecule has 13 heavy (non-hydrogen) atoms. The first-order valence-electron chi connectivity index (χ1n) is 5.24. The molecule has 0 aliphatic carbocycles. The van der Waals surface area contributed by atoms with E-state index in [1.165, 1.54) is 0 Å². The number of carbonyl (C=O) groups excluding carboxylic acids is 1. The summed E-state index contributed by atoms with van der Waals surface area (Å²) in [4.78, 5) is 13.3. The third kappa shape index (κ3) is 4.41. The summed E-state index contributed by atoms with van der Waals surface area (Å²) < 4.78 is 0. The van der Waals surface area contributed by atoms with E-state index in [1.807, 2.05) is 0 Å². The molecule has 0 aromatic rings. The molecule has 1 unspecified atom stereocenters. The highest BCUT2D eigenvalue weighted by Gasteiger charge is 2.17. The van der Waals surface area contributed by atoms with Crippen molar-refractivity contribution < 1.29 is 4.79 Å². The Labute approximate surface area is 82.3 Å². The van der Waals surface area contributed by atoms with Gasteiger partial charge >= 0.3 is 0 Å². The Balaban J connectivity index is 4.05. The first kappa shape index (κ1) is 12.6. The molecule has 0 spiro atoms. The van der Waals surface area contributed by atoms with Crippen molar-refractivity contribution in [2.24, 2.45) is 0 Å². The van der Waals surface area contributed by atoms with Gasteiger partial charge in [-0.25, -0.2) is 0 Å². The summed E-state index contributed by atoms with van der Waals surface area (Å²) in [6, 6.07) is 0.997. The molecule has 0 aromatic carbocycles. The molecule has 0 bridgehead atoms. The van der Waals surface area contributed by atoms with Crippen molar-refractivity contribution in [1.29, 1.82) is 0 Å². The van der Waals surface area contributed by atoms with Crippen LogP contribution in [0.15, 0.2) is 0 Å². The molecule has 0 N–H and O–H groups in total. The van der Waals surface area contributed by atoms with E-state index in [2.05, 4.69) is 32.7 Å². The predicted octanol–water partition coefficient (Wildman–Crippen LogP) is 2.47. The number of Topliss-reactive ketones (excluding diaryl/α,β-unsaturated/α-hetero) is 1. The third-order valence-electron chi connectivity index (χ3n) is 2.80. The fourth-order valence-electron chi connectivity index (χ4n) is 1.78. The van der Waals surface area contributed by atoms with Gasteiger partial charge in [0, 0.05) is 18.5 Å². The van der Waals surface area contributed by atoms with Gasteiger partial charge in [0.25, 0.3) is 0 Å². The van der Waals surface area contributed by atoms with Crippen LogP contribution in [-0.4, -0.2) is 29.8 Å². The Kier molecular flexibility index (Phi) is 5.97. The molecule has 0 fully saturated rings. The smallest absolute Gasteiger partial charge is 0.131 e. The van der Waals surface area contributed by atoms with Gasteiger partial charge in [-0.15, -0.1) is 0 Å². The van der Waals surface area contributed by atoms with Crippen LogP contribution in [0.4, 0.5) is 0 Å². The number of hydrogen-bond acceptors (Lipinski definition) is 2. The summed E-state index contributed by atoms with van der Waals surface area (Å²) in [6.07, 6.45) is 3.00. The van der Waals surface area contributed by atoms with Gasteiger partial charge in [-0.05, 0) is 33.7 Å². The Morgan fingerprint density at radius 1 is 1.31 bits per heavy atom. The van der Waals surface area contributed by atoms with E-state index in [9.17, 15) is 4.79 Å². The van der Waals surface area contributed by atoms with Crippen molar-refractivity contribution in [3.8, 4) is 0 Å². The molecule has 0 heterocycles. The Morgan fingerprint density at radius 2 is 1.77 bits per heavy atom. The molecule has 0 saturated heterocycles. The molecule has 1 atom stereocenters. The van der Waals surface area contributed by atoms with Gasteiger partial charge in [-0.3, -0.25) is 4.79 Å². The van der Waals surface area contributed by atoms with E-state index >= 15 is 0 Å². The van der Waals surface area contributed by atoms with Gasteiger partial charge in [-0.1, -0.05) is 13.8 Å². The third-order valence-corrected chi connectivity index (χ3v) is 2.80. The number of hydrogen-bond donors (Lipinski definition) is 0. The van der Waals surface area contributed by atoms with E-state index < -0.39 is 0 Å². The van der Waals surface area contributed by atoms with Crippen LogP contribution in [0.25, 0.3) is 0 Å². The van der Waals surface area contributed by atoms with Gasteiger partial charge in [0.2, 0.25) is 0 Å². The monoisotopic (exact) mass is 185 g/mol. The minimum atomic E-state index is 0.283. The van der Waals surface area contributed by atoms with Gasteiger partial charge in [0.05, 0.1) is 0 Å². The number of rotatable bonds is 6. The van der Waals surface area contributed by atoms with Crippen LogP contribution in [0.1, 0.15) is 47.0 Å². The summed E-state index contributed by atoms with van der Waals surface area (Å²) >= 11 is 0. The van der Waals surface area contributed by atoms with Crippen molar-refractivity contribution in [3.05, 3.63) is 0 Å². The second-order valence-corrected chi connectivity index (χ2v) is 3.89. The van der Waals surface area contributed by atoms with Crippen LogP contribution >= 0.6 is 0 Å². The SMILES string of the molecule is CCC(CC)N(C)C(C)CC(C)=O. The molecule has 0 aromatic heterocycles. The maximum atomic E-state index is 10.9. The molecule has 0 aliphatic rings. The van der Waals surface area contributed by atoms with Crippen molar-refractivity contribution in [1.82, 2.24) is 4.90 Å².